The molecule has 29 heavy (non-hydrogen) atoms. The third-order valence-electron chi connectivity index (χ3n) is 5.42. The number of hydrogen-bond acceptors (Lipinski definition) is 5. The maximum Gasteiger partial charge on any atom is 0.255 e. The van der Waals surface area contributed by atoms with Crippen LogP contribution in [0, 0.1) is 0 Å². The van der Waals surface area contributed by atoms with Crippen molar-refractivity contribution in [3.63, 3.8) is 0 Å². The Hall–Kier alpha value is -2.54. The highest BCUT2D eigenvalue weighted by atomic mass is 16.2. The molecule has 2 rings (SSSR count). The quantitative estimate of drug-likeness (QED) is 0.336. The summed E-state index contributed by atoms with van der Waals surface area (Å²) in [4.78, 5) is 49.6. The van der Waals surface area contributed by atoms with Gasteiger partial charge >= 0.3 is 0 Å². The lowest BCUT2D eigenvalue weighted by molar-refractivity contribution is -0.136. The number of nitrogens with two attached hydrogens (primary N) is 1. The molecule has 158 valence electrons. The van der Waals surface area contributed by atoms with Gasteiger partial charge in [-0.1, -0.05) is 43.9 Å². The summed E-state index contributed by atoms with van der Waals surface area (Å²) in [6.07, 6.45) is 8.28. The summed E-state index contributed by atoms with van der Waals surface area (Å²) in [7, 11) is 1.55. The first-order valence-electron chi connectivity index (χ1n) is 10.4. The van der Waals surface area contributed by atoms with Crippen molar-refractivity contribution in [1.82, 2.24) is 10.2 Å². The summed E-state index contributed by atoms with van der Waals surface area (Å²) >= 11 is 0. The van der Waals surface area contributed by atoms with Gasteiger partial charge in [0.1, 0.15) is 6.04 Å². The highest BCUT2D eigenvalue weighted by molar-refractivity contribution is 6.06. The number of carbonyl (C=O) groups is 4. The van der Waals surface area contributed by atoms with Crippen LogP contribution < -0.4 is 11.1 Å². The van der Waals surface area contributed by atoms with E-state index < -0.39 is 11.9 Å². The van der Waals surface area contributed by atoms with Gasteiger partial charge in [-0.25, -0.2) is 0 Å². The summed E-state index contributed by atoms with van der Waals surface area (Å²) < 4.78 is 0. The number of imide groups is 1. The van der Waals surface area contributed by atoms with E-state index in [-0.39, 0.29) is 24.7 Å². The van der Waals surface area contributed by atoms with E-state index in [9.17, 15) is 19.2 Å². The van der Waals surface area contributed by atoms with Crippen LogP contribution in [-0.4, -0.2) is 48.5 Å². The summed E-state index contributed by atoms with van der Waals surface area (Å²) in [5.41, 5.74) is 7.01. The first-order valence-corrected chi connectivity index (χ1v) is 10.4. The minimum atomic E-state index is -0.713. The number of amides is 3. The summed E-state index contributed by atoms with van der Waals surface area (Å²) in [6.45, 7) is 0.727. The molecule has 7 heteroatoms. The van der Waals surface area contributed by atoms with E-state index in [1.54, 1.807) is 19.2 Å². The Balaban J connectivity index is 2.07. The zero-order chi connectivity index (χ0) is 21.2. The van der Waals surface area contributed by atoms with E-state index in [1.165, 1.54) is 4.90 Å². The van der Waals surface area contributed by atoms with Gasteiger partial charge in [-0.3, -0.25) is 24.5 Å². The molecule has 1 aliphatic rings. The normalized spacial score (nSPS) is 16.4. The van der Waals surface area contributed by atoms with Crippen molar-refractivity contribution in [2.75, 3.05) is 13.6 Å². The standard InChI is InChI=1S/C22H31N3O4/c1-25(18-12-13-19(27)24-21(18)28)22(29)20-16(10-8-11-17(20)15-26)9-6-4-2-3-5-7-14-23/h8,10-11,15,18H,2-7,9,12-14,23H2,1H3,(H,24,27,28). The minimum absolute atomic E-state index is 0.195. The fraction of sp³-hybridized carbons (Fsp3) is 0.545. The van der Waals surface area contributed by atoms with Gasteiger partial charge in [0.25, 0.3) is 5.91 Å². The van der Waals surface area contributed by atoms with Gasteiger partial charge in [0.15, 0.2) is 6.29 Å². The number of benzene rings is 1. The Bertz CT molecular complexity index is 748. The van der Waals surface area contributed by atoms with E-state index in [1.807, 2.05) is 6.07 Å². The maximum atomic E-state index is 13.2. The Kier molecular flexibility index (Phi) is 8.99. The van der Waals surface area contributed by atoms with Crippen molar-refractivity contribution in [3.8, 4) is 0 Å². The zero-order valence-corrected chi connectivity index (χ0v) is 17.1. The minimum Gasteiger partial charge on any atom is -0.330 e. The van der Waals surface area contributed by atoms with E-state index in [2.05, 4.69) is 5.32 Å². The van der Waals surface area contributed by atoms with Crippen LogP contribution in [0.1, 0.15) is 77.6 Å². The van der Waals surface area contributed by atoms with Crippen molar-refractivity contribution in [3.05, 3.63) is 34.9 Å². The zero-order valence-electron chi connectivity index (χ0n) is 17.1. The van der Waals surface area contributed by atoms with E-state index in [0.29, 0.717) is 23.8 Å². The number of hydrogen-bond donors (Lipinski definition) is 2. The van der Waals surface area contributed by atoms with Gasteiger partial charge in [0.05, 0.1) is 5.56 Å². The molecule has 1 heterocycles. The monoisotopic (exact) mass is 401 g/mol. The summed E-state index contributed by atoms with van der Waals surface area (Å²) in [5.74, 6) is -1.16. The molecule has 7 nitrogen and oxygen atoms in total. The Labute approximate surface area is 172 Å². The lowest BCUT2D eigenvalue weighted by Gasteiger charge is -2.30. The van der Waals surface area contributed by atoms with Crippen LogP contribution in [0.15, 0.2) is 18.2 Å². The number of nitrogens with one attached hydrogen (secondary N) is 1. The molecule has 0 saturated carbocycles. The molecular formula is C22H31N3O4. The number of rotatable bonds is 11. The largest absolute Gasteiger partial charge is 0.330 e. The molecule has 1 aliphatic heterocycles. The van der Waals surface area contributed by atoms with E-state index >= 15 is 0 Å². The van der Waals surface area contributed by atoms with Gasteiger partial charge in [0.2, 0.25) is 11.8 Å². The lowest BCUT2D eigenvalue weighted by atomic mass is 9.94. The van der Waals surface area contributed by atoms with Crippen LogP contribution in [0.25, 0.3) is 0 Å². The molecule has 1 atom stereocenters. The fourth-order valence-electron chi connectivity index (χ4n) is 3.72. The van der Waals surface area contributed by atoms with Crippen LogP contribution in [0.5, 0.6) is 0 Å². The van der Waals surface area contributed by atoms with Gasteiger partial charge in [-0.05, 0) is 37.8 Å². The van der Waals surface area contributed by atoms with Gasteiger partial charge in [0, 0.05) is 19.0 Å². The van der Waals surface area contributed by atoms with Crippen molar-refractivity contribution >= 4 is 24.0 Å². The second kappa shape index (κ2) is 11.5. The molecule has 1 fully saturated rings. The van der Waals surface area contributed by atoms with Crippen LogP contribution >= 0.6 is 0 Å². The first kappa shape index (κ1) is 22.7. The number of likely N-dealkylation sites (N-methyl/N-ethyl adjacent to an activating group) is 1. The third-order valence-corrected chi connectivity index (χ3v) is 5.42. The average Bonchev–Trinajstić information content (AvgIpc) is 2.71. The second-order valence-electron chi connectivity index (χ2n) is 7.54. The van der Waals surface area contributed by atoms with Crippen LogP contribution in [0.3, 0.4) is 0 Å². The third kappa shape index (κ3) is 6.22. The molecule has 0 bridgehead atoms. The highest BCUT2D eigenvalue weighted by Crippen LogP contribution is 2.21. The molecule has 3 amide bonds. The second-order valence-corrected chi connectivity index (χ2v) is 7.54. The van der Waals surface area contributed by atoms with Gasteiger partial charge in [-0.15, -0.1) is 0 Å². The van der Waals surface area contributed by atoms with Crippen LogP contribution in [0.2, 0.25) is 0 Å². The molecule has 1 saturated heterocycles. The Morgan fingerprint density at radius 2 is 1.86 bits per heavy atom. The molecule has 3 N–H and O–H groups in total. The molecular weight excluding hydrogens is 370 g/mol. The molecule has 0 aliphatic carbocycles. The van der Waals surface area contributed by atoms with Gasteiger partial charge < -0.3 is 10.6 Å². The number of carbonyl (C=O) groups excluding carboxylic acids is 4. The highest BCUT2D eigenvalue weighted by Gasteiger charge is 2.33. The number of piperidine rings is 1. The number of nitrogens with zero attached hydrogens (tertiary/aromatic N) is 1. The maximum absolute atomic E-state index is 13.2. The molecule has 0 spiro atoms. The Morgan fingerprint density at radius 1 is 1.17 bits per heavy atom. The topological polar surface area (TPSA) is 110 Å². The number of aryl methyl sites for hydroxylation is 1. The van der Waals surface area contributed by atoms with Crippen molar-refractivity contribution in [2.45, 2.75) is 63.8 Å². The summed E-state index contributed by atoms with van der Waals surface area (Å²) in [5, 5.41) is 2.27. The summed E-state index contributed by atoms with van der Waals surface area (Å²) in [6, 6.07) is 4.56. The van der Waals surface area contributed by atoms with Crippen LogP contribution in [0.4, 0.5) is 0 Å². The van der Waals surface area contributed by atoms with E-state index in [4.69, 9.17) is 5.73 Å². The van der Waals surface area contributed by atoms with E-state index in [0.717, 1.165) is 50.6 Å². The SMILES string of the molecule is CN(C(=O)c1c(C=O)cccc1CCCCCCCCN)C1CCC(=O)NC1=O. The average molecular weight is 402 g/mol. The fourth-order valence-corrected chi connectivity index (χ4v) is 3.72. The molecule has 1 unspecified atom stereocenters. The molecule has 0 aromatic heterocycles. The van der Waals surface area contributed by atoms with Crippen LogP contribution in [-0.2, 0) is 16.0 Å². The number of aldehydes is 1. The molecule has 0 radical (unpaired) electrons. The number of unbranched alkanes of at least 4 members (excludes halogenated alkanes) is 5. The smallest absolute Gasteiger partial charge is 0.255 e. The van der Waals surface area contributed by atoms with Crippen molar-refractivity contribution in [1.29, 1.82) is 0 Å². The molecule has 1 aromatic carbocycles. The lowest BCUT2D eigenvalue weighted by Crippen LogP contribution is -2.53. The first-order chi connectivity index (χ1) is 14.0. The Morgan fingerprint density at radius 3 is 2.52 bits per heavy atom. The van der Waals surface area contributed by atoms with Gasteiger partial charge in [-0.2, -0.15) is 0 Å². The molecule has 1 aromatic rings. The van der Waals surface area contributed by atoms with Crippen molar-refractivity contribution < 1.29 is 19.2 Å². The predicted octanol–water partition coefficient (Wildman–Crippen LogP) is 2.22. The predicted molar refractivity (Wildman–Crippen MR) is 111 cm³/mol. The van der Waals surface area contributed by atoms with Crippen molar-refractivity contribution in [2.24, 2.45) is 5.73 Å².